The number of carbonyl (C=O) groups is 1. The lowest BCUT2D eigenvalue weighted by molar-refractivity contribution is 0.0755. The largest absolute Gasteiger partial charge is 0.328 e. The Labute approximate surface area is 131 Å². The van der Waals surface area contributed by atoms with Gasteiger partial charge >= 0.3 is 0 Å². The van der Waals surface area contributed by atoms with Crippen LogP contribution in [-0.2, 0) is 13.6 Å². The Morgan fingerprint density at radius 1 is 1.48 bits per heavy atom. The molecule has 0 bridgehead atoms. The molecule has 0 spiro atoms. The van der Waals surface area contributed by atoms with Crippen molar-refractivity contribution < 1.29 is 4.79 Å². The Morgan fingerprint density at radius 3 is 2.81 bits per heavy atom. The second-order valence-electron chi connectivity index (χ2n) is 4.36. The first-order valence-electron chi connectivity index (χ1n) is 6.20. The minimum absolute atomic E-state index is 0.224. The van der Waals surface area contributed by atoms with Gasteiger partial charge in [-0.05, 0) is 18.2 Å². The molecular formula is C14H14ClN3O2S. The predicted molar refractivity (Wildman–Crippen MR) is 83.7 cm³/mol. The Kier molecular flexibility index (Phi) is 4.93. The Bertz CT molecular complexity index is 723. The van der Waals surface area contributed by atoms with Crippen molar-refractivity contribution in [1.82, 2.24) is 14.7 Å². The van der Waals surface area contributed by atoms with E-state index < -0.39 is 0 Å². The van der Waals surface area contributed by atoms with Crippen molar-refractivity contribution >= 4 is 28.8 Å². The van der Waals surface area contributed by atoms with Gasteiger partial charge in [-0.15, -0.1) is 17.9 Å². The van der Waals surface area contributed by atoms with Crippen molar-refractivity contribution in [2.24, 2.45) is 7.05 Å². The summed E-state index contributed by atoms with van der Waals surface area (Å²) >= 11 is 7.32. The van der Waals surface area contributed by atoms with Crippen LogP contribution >= 0.6 is 22.9 Å². The molecule has 5 nitrogen and oxygen atoms in total. The van der Waals surface area contributed by atoms with Gasteiger partial charge < -0.3 is 4.90 Å². The Balaban J connectivity index is 2.24. The average molecular weight is 324 g/mol. The van der Waals surface area contributed by atoms with E-state index >= 15 is 0 Å². The first kappa shape index (κ1) is 15.5. The Morgan fingerprint density at radius 2 is 2.24 bits per heavy atom. The predicted octanol–water partition coefficient (Wildman–Crippen LogP) is 2.32. The van der Waals surface area contributed by atoms with E-state index in [1.807, 2.05) is 6.07 Å². The van der Waals surface area contributed by atoms with Crippen LogP contribution in [0.25, 0.3) is 0 Å². The van der Waals surface area contributed by atoms with Gasteiger partial charge in [0.2, 0.25) is 0 Å². The van der Waals surface area contributed by atoms with Crippen LogP contribution in [0, 0.1) is 0 Å². The first-order chi connectivity index (χ1) is 10.0. The smallest absolute Gasteiger partial charge is 0.274 e. The summed E-state index contributed by atoms with van der Waals surface area (Å²) in [7, 11) is 1.51. The van der Waals surface area contributed by atoms with E-state index in [4.69, 9.17) is 11.6 Å². The van der Waals surface area contributed by atoms with E-state index in [1.165, 1.54) is 30.5 Å². The van der Waals surface area contributed by atoms with Crippen LogP contribution < -0.4 is 5.56 Å². The molecule has 0 atom stereocenters. The lowest BCUT2D eigenvalue weighted by atomic mass is 10.3. The van der Waals surface area contributed by atoms with E-state index in [2.05, 4.69) is 11.7 Å². The molecule has 21 heavy (non-hydrogen) atoms. The molecule has 0 saturated carbocycles. The minimum atomic E-state index is -0.258. The van der Waals surface area contributed by atoms with Crippen LogP contribution in [0.3, 0.4) is 0 Å². The first-order valence-corrected chi connectivity index (χ1v) is 7.39. The average Bonchev–Trinajstić information content (AvgIpc) is 2.86. The molecular weight excluding hydrogens is 310 g/mol. The van der Waals surface area contributed by atoms with Crippen LogP contribution in [-0.4, -0.2) is 27.1 Å². The van der Waals surface area contributed by atoms with Crippen LogP contribution in [0.1, 0.15) is 15.4 Å². The molecule has 0 aliphatic rings. The van der Waals surface area contributed by atoms with Gasteiger partial charge in [0.05, 0.1) is 10.9 Å². The fraction of sp³-hybridized carbons (Fsp3) is 0.214. The van der Waals surface area contributed by atoms with Crippen molar-refractivity contribution in [3.63, 3.8) is 0 Å². The number of hydrogen-bond acceptors (Lipinski definition) is 4. The molecule has 0 aliphatic carbocycles. The van der Waals surface area contributed by atoms with Crippen LogP contribution in [0.5, 0.6) is 0 Å². The highest BCUT2D eigenvalue weighted by molar-refractivity contribution is 7.16. The van der Waals surface area contributed by atoms with Crippen LogP contribution in [0.2, 0.25) is 4.34 Å². The van der Waals surface area contributed by atoms with Crippen LogP contribution in [0.4, 0.5) is 0 Å². The fourth-order valence-corrected chi connectivity index (χ4v) is 2.88. The number of thiophene rings is 1. The molecule has 2 aromatic heterocycles. The summed E-state index contributed by atoms with van der Waals surface area (Å²) in [5.74, 6) is -0.255. The molecule has 0 fully saturated rings. The van der Waals surface area contributed by atoms with E-state index in [0.29, 0.717) is 17.4 Å². The SMILES string of the molecule is C=CCN(Cc1ccc(Cl)s1)C(=O)c1ccc(=O)n(C)n1. The lowest BCUT2D eigenvalue weighted by Crippen LogP contribution is -2.33. The van der Waals surface area contributed by atoms with Crippen molar-refractivity contribution in [3.05, 3.63) is 62.2 Å². The number of aryl methyl sites for hydroxylation is 1. The van der Waals surface area contributed by atoms with Gasteiger partial charge in [0.15, 0.2) is 0 Å². The maximum Gasteiger partial charge on any atom is 0.274 e. The van der Waals surface area contributed by atoms with E-state index in [-0.39, 0.29) is 17.2 Å². The van der Waals surface area contributed by atoms with Gasteiger partial charge in [0, 0.05) is 24.5 Å². The normalized spacial score (nSPS) is 10.4. The quantitative estimate of drug-likeness (QED) is 0.793. The topological polar surface area (TPSA) is 55.2 Å². The molecule has 0 saturated heterocycles. The number of carbonyl (C=O) groups excluding carboxylic acids is 1. The minimum Gasteiger partial charge on any atom is -0.328 e. The van der Waals surface area contributed by atoms with Crippen molar-refractivity contribution in [2.45, 2.75) is 6.54 Å². The second-order valence-corrected chi connectivity index (χ2v) is 6.16. The van der Waals surface area contributed by atoms with Gasteiger partial charge in [0.25, 0.3) is 11.5 Å². The molecule has 2 heterocycles. The van der Waals surface area contributed by atoms with Gasteiger partial charge in [-0.1, -0.05) is 17.7 Å². The Hall–Kier alpha value is -1.92. The number of amides is 1. The van der Waals surface area contributed by atoms with Gasteiger partial charge in [0.1, 0.15) is 5.69 Å². The molecule has 0 radical (unpaired) electrons. The maximum atomic E-state index is 12.5. The lowest BCUT2D eigenvalue weighted by Gasteiger charge is -2.20. The third kappa shape index (κ3) is 3.80. The summed E-state index contributed by atoms with van der Waals surface area (Å²) in [5, 5.41) is 3.98. The molecule has 2 aromatic rings. The highest BCUT2D eigenvalue weighted by Crippen LogP contribution is 2.23. The standard InChI is InChI=1S/C14H14ClN3O2S/c1-3-8-18(9-10-4-6-12(15)21-10)14(20)11-5-7-13(19)17(2)16-11/h3-7H,1,8-9H2,2H3. The molecule has 2 rings (SSSR count). The molecule has 110 valence electrons. The second kappa shape index (κ2) is 6.69. The monoisotopic (exact) mass is 323 g/mol. The summed E-state index contributed by atoms with van der Waals surface area (Å²) in [5.41, 5.74) is -0.0338. The zero-order valence-electron chi connectivity index (χ0n) is 11.5. The third-order valence-electron chi connectivity index (χ3n) is 2.79. The van der Waals surface area contributed by atoms with Gasteiger partial charge in [-0.3, -0.25) is 9.59 Å². The molecule has 1 amide bonds. The maximum absolute atomic E-state index is 12.5. The van der Waals surface area contributed by atoms with E-state index in [9.17, 15) is 9.59 Å². The number of nitrogens with zero attached hydrogens (tertiary/aromatic N) is 3. The highest BCUT2D eigenvalue weighted by Gasteiger charge is 2.18. The highest BCUT2D eigenvalue weighted by atomic mass is 35.5. The van der Waals surface area contributed by atoms with Crippen molar-refractivity contribution in [2.75, 3.05) is 6.54 Å². The van der Waals surface area contributed by atoms with Crippen molar-refractivity contribution in [1.29, 1.82) is 0 Å². The number of rotatable bonds is 5. The number of halogens is 1. The van der Waals surface area contributed by atoms with E-state index in [1.54, 1.807) is 17.0 Å². The fourth-order valence-electron chi connectivity index (χ4n) is 1.78. The summed E-state index contributed by atoms with van der Waals surface area (Å²) in [4.78, 5) is 26.4. The zero-order valence-corrected chi connectivity index (χ0v) is 13.0. The van der Waals surface area contributed by atoms with Gasteiger partial charge in [-0.25, -0.2) is 4.68 Å². The summed E-state index contributed by atoms with van der Waals surface area (Å²) in [6, 6.07) is 6.43. The number of hydrogen-bond donors (Lipinski definition) is 0. The molecule has 0 N–H and O–H groups in total. The zero-order chi connectivity index (χ0) is 15.4. The number of aromatic nitrogens is 2. The molecule has 0 aromatic carbocycles. The molecule has 7 heteroatoms. The summed E-state index contributed by atoms with van der Waals surface area (Å²) < 4.78 is 1.82. The van der Waals surface area contributed by atoms with Crippen molar-refractivity contribution in [3.8, 4) is 0 Å². The third-order valence-corrected chi connectivity index (χ3v) is 4.01. The summed E-state index contributed by atoms with van der Waals surface area (Å²) in [6.07, 6.45) is 1.65. The van der Waals surface area contributed by atoms with E-state index in [0.717, 1.165) is 9.56 Å². The van der Waals surface area contributed by atoms with Crippen LogP contribution in [0.15, 0.2) is 41.7 Å². The summed E-state index contributed by atoms with van der Waals surface area (Å²) in [6.45, 7) is 4.47. The molecule has 0 unspecified atom stereocenters. The van der Waals surface area contributed by atoms with Gasteiger partial charge in [-0.2, -0.15) is 5.10 Å². The molecule has 0 aliphatic heterocycles.